The highest BCUT2D eigenvalue weighted by Crippen LogP contribution is 2.21. The molecule has 0 saturated carbocycles. The number of aromatic nitrogens is 2. The van der Waals surface area contributed by atoms with Gasteiger partial charge in [0.25, 0.3) is 5.91 Å². The van der Waals surface area contributed by atoms with E-state index in [9.17, 15) is 19.7 Å². The lowest BCUT2D eigenvalue weighted by molar-refractivity contribution is -0.385. The van der Waals surface area contributed by atoms with Gasteiger partial charge in [-0.3, -0.25) is 24.4 Å². The molecule has 1 aromatic rings. The first-order chi connectivity index (χ1) is 8.84. The normalized spacial score (nSPS) is 10.3. The van der Waals surface area contributed by atoms with Crippen LogP contribution in [0, 0.1) is 17.0 Å². The molecule has 0 aliphatic rings. The van der Waals surface area contributed by atoms with Gasteiger partial charge in [0.15, 0.2) is 0 Å². The lowest BCUT2D eigenvalue weighted by atomic mass is 10.2. The molecule has 1 N–H and O–H groups in total. The minimum atomic E-state index is -0.639. The smallest absolute Gasteiger partial charge is 0.322 e. The van der Waals surface area contributed by atoms with Crippen molar-refractivity contribution in [2.24, 2.45) is 7.05 Å². The highest BCUT2D eigenvalue weighted by molar-refractivity contribution is 6.63. The fraction of sp³-hybridized carbons (Fsp3) is 0.500. The number of nitro groups is 1. The molecule has 0 atom stereocenters. The van der Waals surface area contributed by atoms with E-state index in [1.165, 1.54) is 14.0 Å². The van der Waals surface area contributed by atoms with Gasteiger partial charge in [0.05, 0.1) is 4.92 Å². The van der Waals surface area contributed by atoms with Gasteiger partial charge < -0.3 is 5.32 Å². The molecule has 0 aliphatic heterocycles. The number of amides is 1. The van der Waals surface area contributed by atoms with Gasteiger partial charge in [0, 0.05) is 20.0 Å². The quantitative estimate of drug-likeness (QED) is 0.362. The lowest BCUT2D eigenvalue weighted by Gasteiger charge is -2.03. The fourth-order valence-corrected chi connectivity index (χ4v) is 1.77. The average molecular weight is 289 g/mol. The minimum Gasteiger partial charge on any atom is -0.350 e. The first-order valence-corrected chi connectivity index (χ1v) is 5.87. The number of aryl methyl sites for hydroxylation is 2. The second kappa shape index (κ2) is 6.28. The van der Waals surface area contributed by atoms with Crippen LogP contribution in [0.3, 0.4) is 0 Å². The molecular formula is C10H13ClN4O4. The Balaban J connectivity index is 2.77. The zero-order chi connectivity index (χ0) is 14.6. The van der Waals surface area contributed by atoms with Gasteiger partial charge in [-0.2, -0.15) is 5.10 Å². The summed E-state index contributed by atoms with van der Waals surface area (Å²) in [6.45, 7) is 1.67. The van der Waals surface area contributed by atoms with Crippen molar-refractivity contribution in [3.05, 3.63) is 21.5 Å². The first-order valence-electron chi connectivity index (χ1n) is 5.49. The van der Waals surface area contributed by atoms with Gasteiger partial charge in [0.1, 0.15) is 5.69 Å². The highest BCUT2D eigenvalue weighted by Gasteiger charge is 2.28. The van der Waals surface area contributed by atoms with Crippen molar-refractivity contribution in [1.29, 1.82) is 0 Å². The van der Waals surface area contributed by atoms with E-state index < -0.39 is 16.1 Å². The van der Waals surface area contributed by atoms with Crippen molar-refractivity contribution in [3.63, 3.8) is 0 Å². The molecule has 8 nitrogen and oxygen atoms in total. The molecule has 1 amide bonds. The van der Waals surface area contributed by atoms with Crippen LogP contribution in [0.15, 0.2) is 0 Å². The predicted molar refractivity (Wildman–Crippen MR) is 67.0 cm³/mol. The Bertz CT molecular complexity index is 526. The molecule has 1 heterocycles. The molecule has 0 bridgehead atoms. The van der Waals surface area contributed by atoms with Crippen LogP contribution in [-0.2, 0) is 11.8 Å². The summed E-state index contributed by atoms with van der Waals surface area (Å²) in [5.41, 5.74) is -0.248. The third-order valence-corrected chi connectivity index (χ3v) is 2.61. The van der Waals surface area contributed by atoms with Crippen LogP contribution in [-0.4, -0.2) is 32.4 Å². The van der Waals surface area contributed by atoms with Crippen molar-refractivity contribution >= 4 is 28.4 Å². The number of carbonyl (C=O) groups excluding carboxylic acids is 2. The van der Waals surface area contributed by atoms with Crippen molar-refractivity contribution in [1.82, 2.24) is 15.1 Å². The Morgan fingerprint density at radius 3 is 2.68 bits per heavy atom. The van der Waals surface area contributed by atoms with Gasteiger partial charge >= 0.3 is 5.69 Å². The minimum absolute atomic E-state index is 0.111. The van der Waals surface area contributed by atoms with E-state index in [2.05, 4.69) is 10.4 Å². The largest absolute Gasteiger partial charge is 0.350 e. The highest BCUT2D eigenvalue weighted by atomic mass is 35.5. The van der Waals surface area contributed by atoms with Crippen molar-refractivity contribution < 1.29 is 14.5 Å². The van der Waals surface area contributed by atoms with Gasteiger partial charge in [-0.1, -0.05) is 0 Å². The second-order valence-electron chi connectivity index (χ2n) is 3.88. The summed E-state index contributed by atoms with van der Waals surface area (Å²) in [6, 6.07) is 0. The Labute approximate surface area is 113 Å². The molecule has 0 fully saturated rings. The Hall–Kier alpha value is -1.96. The number of halogens is 1. The molecule has 0 unspecified atom stereocenters. The molecule has 104 valence electrons. The zero-order valence-electron chi connectivity index (χ0n) is 10.5. The van der Waals surface area contributed by atoms with Crippen LogP contribution in [0.1, 0.15) is 29.0 Å². The van der Waals surface area contributed by atoms with E-state index >= 15 is 0 Å². The topological polar surface area (TPSA) is 107 Å². The summed E-state index contributed by atoms with van der Waals surface area (Å²) in [4.78, 5) is 32.6. The summed E-state index contributed by atoms with van der Waals surface area (Å²) < 4.78 is 1.16. The zero-order valence-corrected chi connectivity index (χ0v) is 11.2. The number of hydrogen-bond acceptors (Lipinski definition) is 5. The molecule has 0 saturated heterocycles. The number of hydrogen-bond donors (Lipinski definition) is 1. The Kier molecular flexibility index (Phi) is 4.99. The van der Waals surface area contributed by atoms with E-state index in [0.29, 0.717) is 6.42 Å². The van der Waals surface area contributed by atoms with Gasteiger partial charge in [-0.15, -0.1) is 0 Å². The maximum absolute atomic E-state index is 11.9. The van der Waals surface area contributed by atoms with Gasteiger partial charge in [-0.05, 0) is 24.9 Å². The van der Waals surface area contributed by atoms with Crippen molar-refractivity contribution in [2.45, 2.75) is 19.8 Å². The summed E-state index contributed by atoms with van der Waals surface area (Å²) in [5.74, 6) is -0.600. The molecule has 0 aliphatic carbocycles. The van der Waals surface area contributed by atoms with Crippen molar-refractivity contribution in [3.8, 4) is 0 Å². The molecule has 1 aromatic heterocycles. The second-order valence-corrected chi connectivity index (χ2v) is 4.30. The molecular weight excluding hydrogens is 276 g/mol. The molecule has 0 radical (unpaired) electrons. The lowest BCUT2D eigenvalue weighted by Crippen LogP contribution is -2.27. The SMILES string of the molecule is Cc1nn(C)c(C(=O)NCCCC(=O)Cl)c1[N+](=O)[O-]. The fourth-order valence-electron chi connectivity index (χ4n) is 1.63. The van der Waals surface area contributed by atoms with Gasteiger partial charge in [0.2, 0.25) is 10.9 Å². The predicted octanol–water partition coefficient (Wildman–Crippen LogP) is 0.912. The van der Waals surface area contributed by atoms with Crippen LogP contribution >= 0.6 is 11.6 Å². The summed E-state index contributed by atoms with van der Waals surface area (Å²) in [5, 5.41) is 16.7. The number of nitrogens with zero attached hydrogens (tertiary/aromatic N) is 3. The van der Waals surface area contributed by atoms with Crippen LogP contribution in [0.25, 0.3) is 0 Å². The molecule has 1 rings (SSSR count). The van der Waals surface area contributed by atoms with E-state index in [1.54, 1.807) is 0 Å². The van der Waals surface area contributed by atoms with Crippen molar-refractivity contribution in [2.75, 3.05) is 6.54 Å². The molecule has 9 heteroatoms. The number of rotatable bonds is 6. The summed E-state index contributed by atoms with van der Waals surface area (Å²) >= 11 is 5.15. The average Bonchev–Trinajstić information content (AvgIpc) is 2.59. The first kappa shape index (κ1) is 15.1. The molecule has 0 spiro atoms. The molecule has 19 heavy (non-hydrogen) atoms. The van der Waals surface area contributed by atoms with E-state index in [1.807, 2.05) is 0 Å². The molecule has 0 aromatic carbocycles. The standard InChI is InChI=1S/C10H13ClN4O4/c1-6-8(15(18)19)9(14(2)13-6)10(17)12-5-3-4-7(11)16/h3-5H2,1-2H3,(H,12,17). The third kappa shape index (κ3) is 3.75. The van der Waals surface area contributed by atoms with Crippen LogP contribution in [0.4, 0.5) is 5.69 Å². The van der Waals surface area contributed by atoms with Crippen LogP contribution in [0.5, 0.6) is 0 Å². The van der Waals surface area contributed by atoms with E-state index in [-0.39, 0.29) is 30.0 Å². The maximum Gasteiger partial charge on any atom is 0.322 e. The van der Waals surface area contributed by atoms with Crippen LogP contribution in [0.2, 0.25) is 0 Å². The summed E-state index contributed by atoms with van der Waals surface area (Å²) in [6.07, 6.45) is 0.507. The number of carbonyl (C=O) groups is 2. The third-order valence-electron chi connectivity index (χ3n) is 2.42. The van der Waals surface area contributed by atoms with Gasteiger partial charge in [-0.25, -0.2) is 0 Å². The maximum atomic E-state index is 11.9. The van der Waals surface area contributed by atoms with E-state index in [4.69, 9.17) is 11.6 Å². The Morgan fingerprint density at radius 2 is 2.16 bits per heavy atom. The number of nitrogens with one attached hydrogen (secondary N) is 1. The van der Waals surface area contributed by atoms with E-state index in [0.717, 1.165) is 4.68 Å². The summed E-state index contributed by atoms with van der Waals surface area (Å²) in [7, 11) is 1.46. The van der Waals surface area contributed by atoms with Crippen LogP contribution < -0.4 is 5.32 Å². The Morgan fingerprint density at radius 1 is 1.53 bits per heavy atom. The monoisotopic (exact) mass is 288 g/mol.